The molecule has 26 heteroatoms. The maximum atomic E-state index is 13.6. The van der Waals surface area contributed by atoms with E-state index in [4.69, 9.17) is 50.4 Å². The molecule has 1 aliphatic rings. The zero-order valence-electron chi connectivity index (χ0n) is 31.5. The van der Waals surface area contributed by atoms with E-state index in [0.29, 0.717) is 42.9 Å². The van der Waals surface area contributed by atoms with Gasteiger partial charge in [0.15, 0.2) is 5.11 Å². The summed E-state index contributed by atoms with van der Waals surface area (Å²) in [5.74, 6) is -14.1. The molecule has 5 atom stereocenters. The molecule has 1 aliphatic heterocycles. The smallest absolute Gasteiger partial charge is 0.325 e. The Kier molecular flexibility index (Phi) is 19.4. The molecule has 19 nitrogen and oxygen atoms in total. The summed E-state index contributed by atoms with van der Waals surface area (Å²) in [5.41, 5.74) is 1.11. The molecule has 1 fully saturated rings. The average Bonchev–Trinajstić information content (AvgIpc) is 3.67. The van der Waals surface area contributed by atoms with Gasteiger partial charge in [0, 0.05) is 12.2 Å². The molecule has 1 saturated heterocycles. The van der Waals surface area contributed by atoms with E-state index < -0.39 is 91.7 Å². The highest BCUT2D eigenvalue weighted by molar-refractivity contribution is 7.80. The number of aliphatic hydroxyl groups is 3. The maximum Gasteiger partial charge on any atom is 0.325 e. The van der Waals surface area contributed by atoms with Gasteiger partial charge in [-0.3, -0.25) is 9.36 Å². The molecule has 0 saturated carbocycles. The number of anilines is 1. The molecule has 7 N–H and O–H groups in total. The fourth-order valence-corrected chi connectivity index (χ4v) is 5.91. The van der Waals surface area contributed by atoms with Gasteiger partial charge in [-0.15, -0.1) is 5.10 Å². The number of rotatable bonds is 24. The third kappa shape index (κ3) is 15.5. The van der Waals surface area contributed by atoms with Crippen LogP contribution in [-0.2, 0) is 46.2 Å². The number of ether oxygens (including phenoxy) is 7. The summed E-state index contributed by atoms with van der Waals surface area (Å²) in [5, 5.41) is 44.7. The standard InChI is InChI=1S/C34H43F5N5O14PS/c35-24-25(36)27(38)32(28(39)26(24)37)58-23(45)5-9-52-11-8-44-17-20(42-43-44)18-55-15-14-54-13-12-53-10-7-40-34(60)41-19-1-3-21(4-2-19)56-33-31(48)30(47)29(46)22(57-33)6-16-59(49,50)51/h1-4,17,22,29-31,33,46-48H,5-16,18H2,(H2,40,41,60)(H2,49,50,51)/t22-,29-,30+,31+,33+/m1/s1. The third-order valence-electron chi connectivity index (χ3n) is 8.15. The summed E-state index contributed by atoms with van der Waals surface area (Å²) in [6.45, 7) is 2.02. The Morgan fingerprint density at radius 1 is 0.833 bits per heavy atom. The normalized spacial score (nSPS) is 19.3. The summed E-state index contributed by atoms with van der Waals surface area (Å²) in [7, 11) is -4.38. The van der Waals surface area contributed by atoms with Gasteiger partial charge in [-0.25, -0.2) is 17.9 Å². The number of hydrogen-bond acceptors (Lipinski definition) is 15. The first kappa shape index (κ1) is 48.7. The summed E-state index contributed by atoms with van der Waals surface area (Å²) in [6.07, 6.45) is -7.22. The second-order valence-corrected chi connectivity index (χ2v) is 14.9. The van der Waals surface area contributed by atoms with Crippen LogP contribution in [0.4, 0.5) is 27.6 Å². The number of carbonyl (C=O) groups is 1. The number of benzene rings is 2. The monoisotopic (exact) mass is 903 g/mol. The topological polar surface area (TPSA) is 255 Å². The van der Waals surface area contributed by atoms with Crippen molar-refractivity contribution < 1.29 is 89.6 Å². The fraction of sp³-hybridized carbons (Fsp3) is 0.529. The summed E-state index contributed by atoms with van der Waals surface area (Å²) < 4.78 is 117. The molecule has 0 spiro atoms. The van der Waals surface area contributed by atoms with Crippen molar-refractivity contribution in [1.82, 2.24) is 20.3 Å². The zero-order chi connectivity index (χ0) is 43.8. The number of aliphatic hydroxyl groups excluding tert-OH is 3. The molecule has 4 rings (SSSR count). The minimum Gasteiger partial charge on any atom is -0.462 e. The number of aromatic nitrogens is 3. The molecule has 0 bridgehead atoms. The van der Waals surface area contributed by atoms with Crippen molar-refractivity contribution in [3.8, 4) is 11.5 Å². The summed E-state index contributed by atoms with van der Waals surface area (Å²) in [4.78, 5) is 30.0. The average molecular weight is 904 g/mol. The van der Waals surface area contributed by atoms with Crippen molar-refractivity contribution in [2.24, 2.45) is 0 Å². The van der Waals surface area contributed by atoms with Gasteiger partial charge in [0.05, 0.1) is 84.3 Å². The van der Waals surface area contributed by atoms with E-state index >= 15 is 0 Å². The van der Waals surface area contributed by atoms with Crippen molar-refractivity contribution in [2.75, 3.05) is 64.3 Å². The second kappa shape index (κ2) is 23.9. The number of esters is 1. The molecule has 3 aromatic rings. The first-order valence-corrected chi connectivity index (χ1v) is 20.2. The van der Waals surface area contributed by atoms with Gasteiger partial charge in [-0.2, -0.15) is 8.78 Å². The third-order valence-corrected chi connectivity index (χ3v) is 9.24. The lowest BCUT2D eigenvalue weighted by Gasteiger charge is -2.40. The fourth-order valence-electron chi connectivity index (χ4n) is 5.10. The van der Waals surface area contributed by atoms with Crippen LogP contribution in [-0.4, -0.2) is 141 Å². The predicted molar refractivity (Wildman–Crippen MR) is 198 cm³/mol. The van der Waals surface area contributed by atoms with Crippen LogP contribution in [0.1, 0.15) is 18.5 Å². The molecule has 334 valence electrons. The summed E-state index contributed by atoms with van der Waals surface area (Å²) >= 11 is 5.29. The van der Waals surface area contributed by atoms with E-state index in [2.05, 4.69) is 25.7 Å². The lowest BCUT2D eigenvalue weighted by Crippen LogP contribution is -2.59. The van der Waals surface area contributed by atoms with Crippen LogP contribution in [0.25, 0.3) is 0 Å². The van der Waals surface area contributed by atoms with E-state index in [0.717, 1.165) is 0 Å². The van der Waals surface area contributed by atoms with Crippen LogP contribution >= 0.6 is 19.8 Å². The van der Waals surface area contributed by atoms with Crippen molar-refractivity contribution in [3.05, 3.63) is 65.2 Å². The van der Waals surface area contributed by atoms with Crippen molar-refractivity contribution in [1.29, 1.82) is 0 Å². The molecular weight excluding hydrogens is 860 g/mol. The number of nitrogens with one attached hydrogen (secondary N) is 2. The molecule has 0 radical (unpaired) electrons. The number of hydrogen-bond donors (Lipinski definition) is 7. The lowest BCUT2D eigenvalue weighted by atomic mass is 9.97. The quantitative estimate of drug-likeness (QED) is 0.00977. The van der Waals surface area contributed by atoms with Crippen molar-refractivity contribution in [3.63, 3.8) is 0 Å². The van der Waals surface area contributed by atoms with Crippen LogP contribution in [0.15, 0.2) is 30.5 Å². The minimum absolute atomic E-state index is 0.0471. The number of thiocarbonyl (C=S) groups is 1. The Morgan fingerprint density at radius 2 is 1.45 bits per heavy atom. The van der Waals surface area contributed by atoms with E-state index in [9.17, 15) is 46.6 Å². The lowest BCUT2D eigenvalue weighted by molar-refractivity contribution is -0.272. The Labute approximate surface area is 343 Å². The molecule has 2 aromatic carbocycles. The van der Waals surface area contributed by atoms with Gasteiger partial charge in [0.2, 0.25) is 41.1 Å². The Morgan fingerprint density at radius 3 is 2.12 bits per heavy atom. The zero-order valence-corrected chi connectivity index (χ0v) is 33.2. The van der Waals surface area contributed by atoms with Crippen LogP contribution in [0, 0.1) is 29.1 Å². The Hall–Kier alpha value is -3.98. The van der Waals surface area contributed by atoms with Crippen molar-refractivity contribution >= 4 is 36.6 Å². The molecule has 60 heavy (non-hydrogen) atoms. The van der Waals surface area contributed by atoms with Crippen LogP contribution in [0.2, 0.25) is 0 Å². The van der Waals surface area contributed by atoms with Crippen LogP contribution < -0.4 is 20.1 Å². The van der Waals surface area contributed by atoms with Gasteiger partial charge >= 0.3 is 13.6 Å². The van der Waals surface area contributed by atoms with Crippen molar-refractivity contribution in [2.45, 2.75) is 56.7 Å². The number of nitrogens with zero attached hydrogens (tertiary/aromatic N) is 3. The highest BCUT2D eigenvalue weighted by Crippen LogP contribution is 2.37. The maximum absolute atomic E-state index is 13.6. The van der Waals surface area contributed by atoms with E-state index in [1.165, 1.54) is 16.8 Å². The summed E-state index contributed by atoms with van der Waals surface area (Å²) in [6, 6.07) is 6.32. The van der Waals surface area contributed by atoms with Crippen LogP contribution in [0.3, 0.4) is 0 Å². The molecule has 0 aliphatic carbocycles. The molecule has 1 aromatic heterocycles. The Bertz CT molecular complexity index is 1870. The van der Waals surface area contributed by atoms with Gasteiger partial charge in [0.25, 0.3) is 0 Å². The first-order valence-electron chi connectivity index (χ1n) is 18.0. The van der Waals surface area contributed by atoms with E-state index in [1.54, 1.807) is 18.3 Å². The number of halogens is 5. The van der Waals surface area contributed by atoms with Gasteiger partial charge in [-0.05, 0) is 42.9 Å². The predicted octanol–water partition coefficient (Wildman–Crippen LogP) is 1.28. The number of carbonyl (C=O) groups excluding carboxylic acids is 1. The largest absolute Gasteiger partial charge is 0.462 e. The van der Waals surface area contributed by atoms with Gasteiger partial charge < -0.3 is 68.9 Å². The first-order chi connectivity index (χ1) is 28.5. The van der Waals surface area contributed by atoms with Crippen LogP contribution in [0.5, 0.6) is 11.5 Å². The SMILES string of the molecule is O=C(CCOCCn1cc(COCCOCCOCCNC(=S)Nc2ccc(O[C@H]3O[C@H](CCP(=O)(O)O)[C@@H](O)[C@H](O)[C@@H]3O)cc2)nn1)Oc1c(F)c(F)c(F)c(F)c1F. The molecule has 2 heterocycles. The highest BCUT2D eigenvalue weighted by atomic mass is 32.1. The molecule has 0 amide bonds. The van der Waals surface area contributed by atoms with E-state index in [1.807, 2.05) is 0 Å². The van der Waals surface area contributed by atoms with Gasteiger partial charge in [0.1, 0.15) is 29.8 Å². The van der Waals surface area contributed by atoms with E-state index in [-0.39, 0.29) is 51.7 Å². The molecule has 0 unspecified atom stereocenters. The Balaban J connectivity index is 0.978. The van der Waals surface area contributed by atoms with Gasteiger partial charge in [-0.1, -0.05) is 5.21 Å². The second-order valence-electron chi connectivity index (χ2n) is 12.7. The minimum atomic E-state index is -4.38. The highest BCUT2D eigenvalue weighted by Gasteiger charge is 2.45. The molecular formula is C34H43F5N5O14PS.